The van der Waals surface area contributed by atoms with Crippen molar-refractivity contribution in [3.63, 3.8) is 0 Å². The van der Waals surface area contributed by atoms with Crippen molar-refractivity contribution in [1.29, 1.82) is 0 Å². The minimum Gasteiger partial charge on any atom is -0.346 e. The lowest BCUT2D eigenvalue weighted by atomic mass is 9.95. The fraction of sp³-hybridized carbons (Fsp3) is 0.824. The lowest BCUT2D eigenvalue weighted by molar-refractivity contribution is -0.141. The molecule has 1 aromatic heterocycles. The van der Waals surface area contributed by atoms with Crippen molar-refractivity contribution in [3.8, 4) is 0 Å². The Hall–Kier alpha value is -1.31. The van der Waals surface area contributed by atoms with Gasteiger partial charge in [-0.3, -0.25) is 4.79 Å². The Morgan fingerprint density at radius 3 is 2.48 bits per heavy atom. The molecule has 0 aliphatic carbocycles. The monoisotopic (exact) mass is 372 g/mol. The number of alkyl halides is 2. The van der Waals surface area contributed by atoms with Crippen LogP contribution in [0.3, 0.4) is 0 Å². The summed E-state index contributed by atoms with van der Waals surface area (Å²) >= 11 is 1.58. The predicted molar refractivity (Wildman–Crippen MR) is 94.3 cm³/mol. The molecule has 25 heavy (non-hydrogen) atoms. The lowest BCUT2D eigenvalue weighted by Gasteiger charge is -2.37. The molecule has 0 N–H and O–H groups in total. The predicted octanol–water partition coefficient (Wildman–Crippen LogP) is 3.31. The van der Waals surface area contributed by atoms with Crippen molar-refractivity contribution in [3.05, 3.63) is 5.01 Å². The molecule has 5 nitrogen and oxygen atoms in total. The summed E-state index contributed by atoms with van der Waals surface area (Å²) in [5.41, 5.74) is -0.0417. The Morgan fingerprint density at radius 1 is 1.20 bits per heavy atom. The first-order valence-electron chi connectivity index (χ1n) is 8.91. The van der Waals surface area contributed by atoms with Gasteiger partial charge in [-0.15, -0.1) is 10.2 Å². The first-order valence-corrected chi connectivity index (χ1v) is 9.73. The number of piperidine rings is 2. The van der Waals surface area contributed by atoms with Crippen LogP contribution in [-0.4, -0.2) is 53.1 Å². The van der Waals surface area contributed by atoms with Gasteiger partial charge < -0.3 is 9.80 Å². The summed E-state index contributed by atoms with van der Waals surface area (Å²) in [4.78, 5) is 16.5. The number of likely N-dealkylation sites (tertiary alicyclic amines) is 1. The summed E-state index contributed by atoms with van der Waals surface area (Å²) in [6, 6.07) is 0. The molecule has 1 atom stereocenters. The highest BCUT2D eigenvalue weighted by Gasteiger charge is 2.38. The molecule has 3 heterocycles. The van der Waals surface area contributed by atoms with Crippen molar-refractivity contribution < 1.29 is 13.6 Å². The molecule has 2 aliphatic heterocycles. The van der Waals surface area contributed by atoms with Crippen LogP contribution in [0.4, 0.5) is 13.9 Å². The van der Waals surface area contributed by atoms with Gasteiger partial charge in [-0.25, -0.2) is 8.78 Å². The lowest BCUT2D eigenvalue weighted by Crippen LogP contribution is -2.49. The van der Waals surface area contributed by atoms with E-state index in [9.17, 15) is 13.6 Å². The SMILES string of the molecule is CC(C)(C)c1nnc(N2CCCC(C(=O)N3CCC(F)(F)CC3)C2)s1. The summed E-state index contributed by atoms with van der Waals surface area (Å²) in [6.07, 6.45) is 1.28. The van der Waals surface area contributed by atoms with Crippen molar-refractivity contribution in [2.24, 2.45) is 5.92 Å². The highest BCUT2D eigenvalue weighted by atomic mass is 32.1. The van der Waals surface area contributed by atoms with Crippen LogP contribution in [0, 0.1) is 5.92 Å². The van der Waals surface area contributed by atoms with Gasteiger partial charge in [0.05, 0.1) is 5.92 Å². The minimum atomic E-state index is -2.62. The Balaban J connectivity index is 1.63. The van der Waals surface area contributed by atoms with Crippen molar-refractivity contribution >= 4 is 22.4 Å². The average molecular weight is 372 g/mol. The molecule has 2 aliphatic rings. The van der Waals surface area contributed by atoms with E-state index in [1.807, 2.05) is 0 Å². The second-order valence-corrected chi connectivity index (χ2v) is 9.06. The van der Waals surface area contributed by atoms with Gasteiger partial charge in [0.2, 0.25) is 11.0 Å². The van der Waals surface area contributed by atoms with E-state index in [1.54, 1.807) is 16.2 Å². The number of anilines is 1. The number of hydrogen-bond donors (Lipinski definition) is 0. The number of carbonyl (C=O) groups excluding carboxylic acids is 1. The molecule has 2 fully saturated rings. The number of carbonyl (C=O) groups is 1. The van der Waals surface area contributed by atoms with Gasteiger partial charge in [0, 0.05) is 44.4 Å². The van der Waals surface area contributed by atoms with Crippen LogP contribution in [0.5, 0.6) is 0 Å². The van der Waals surface area contributed by atoms with E-state index in [-0.39, 0.29) is 43.2 Å². The van der Waals surface area contributed by atoms with E-state index < -0.39 is 5.92 Å². The third kappa shape index (κ3) is 4.27. The Morgan fingerprint density at radius 2 is 1.88 bits per heavy atom. The van der Waals surface area contributed by atoms with Crippen molar-refractivity contribution in [1.82, 2.24) is 15.1 Å². The Bertz CT molecular complexity index is 618. The molecule has 8 heteroatoms. The third-order valence-electron chi connectivity index (χ3n) is 4.90. The summed E-state index contributed by atoms with van der Waals surface area (Å²) in [5.74, 6) is -2.74. The molecule has 3 rings (SSSR count). The average Bonchev–Trinajstić information content (AvgIpc) is 3.05. The molecule has 0 bridgehead atoms. The number of amides is 1. The Labute approximate surface area is 151 Å². The van der Waals surface area contributed by atoms with Gasteiger partial charge in [-0.1, -0.05) is 32.1 Å². The van der Waals surface area contributed by atoms with Crippen LogP contribution < -0.4 is 4.90 Å². The topological polar surface area (TPSA) is 49.3 Å². The van der Waals surface area contributed by atoms with Crippen LogP contribution in [0.15, 0.2) is 0 Å². The van der Waals surface area contributed by atoms with E-state index in [0.29, 0.717) is 6.54 Å². The van der Waals surface area contributed by atoms with Gasteiger partial charge in [0.1, 0.15) is 5.01 Å². The van der Waals surface area contributed by atoms with Crippen LogP contribution in [0.25, 0.3) is 0 Å². The number of hydrogen-bond acceptors (Lipinski definition) is 5. The van der Waals surface area contributed by atoms with Gasteiger partial charge in [0.15, 0.2) is 0 Å². The van der Waals surface area contributed by atoms with Crippen LogP contribution in [0.1, 0.15) is 51.5 Å². The minimum absolute atomic E-state index is 0.0146. The quantitative estimate of drug-likeness (QED) is 0.799. The first-order chi connectivity index (χ1) is 11.7. The van der Waals surface area contributed by atoms with Gasteiger partial charge in [0.25, 0.3) is 5.92 Å². The number of halogens is 2. The zero-order chi connectivity index (χ0) is 18.2. The summed E-state index contributed by atoms with van der Waals surface area (Å²) in [6.45, 7) is 8.10. The number of aromatic nitrogens is 2. The second kappa shape index (κ2) is 6.78. The standard InChI is InChI=1S/C17H26F2N4OS/c1-16(2,3)14-20-21-15(25-14)23-8-4-5-12(11-23)13(24)22-9-6-17(18,19)7-10-22/h12H,4-11H2,1-3H3. The van der Waals surface area contributed by atoms with E-state index in [0.717, 1.165) is 29.5 Å². The molecule has 1 unspecified atom stereocenters. The zero-order valence-electron chi connectivity index (χ0n) is 15.1. The second-order valence-electron chi connectivity index (χ2n) is 8.11. The van der Waals surface area contributed by atoms with Gasteiger partial charge in [-0.05, 0) is 12.8 Å². The zero-order valence-corrected chi connectivity index (χ0v) is 15.9. The maximum Gasteiger partial charge on any atom is 0.251 e. The van der Waals surface area contributed by atoms with Crippen LogP contribution in [0.2, 0.25) is 0 Å². The normalized spacial score (nSPS) is 24.4. The highest BCUT2D eigenvalue weighted by Crippen LogP contribution is 2.33. The summed E-state index contributed by atoms with van der Waals surface area (Å²) in [5, 5.41) is 10.4. The number of nitrogens with zero attached hydrogens (tertiary/aromatic N) is 4. The molecule has 0 aromatic carbocycles. The third-order valence-corrected chi connectivity index (χ3v) is 6.31. The fourth-order valence-electron chi connectivity index (χ4n) is 3.31. The highest BCUT2D eigenvalue weighted by molar-refractivity contribution is 7.15. The largest absolute Gasteiger partial charge is 0.346 e. The molecule has 140 valence electrons. The molecular weight excluding hydrogens is 346 g/mol. The van der Waals surface area contributed by atoms with Crippen LogP contribution in [-0.2, 0) is 10.2 Å². The first kappa shape index (κ1) is 18.5. The number of rotatable bonds is 2. The van der Waals surface area contributed by atoms with Crippen molar-refractivity contribution in [2.75, 3.05) is 31.1 Å². The molecule has 1 aromatic rings. The van der Waals surface area contributed by atoms with Gasteiger partial charge in [-0.2, -0.15) is 0 Å². The van der Waals surface area contributed by atoms with E-state index in [4.69, 9.17) is 0 Å². The Kier molecular flexibility index (Phi) is 5.01. The smallest absolute Gasteiger partial charge is 0.251 e. The van der Waals surface area contributed by atoms with Crippen LogP contribution >= 0.6 is 11.3 Å². The van der Waals surface area contributed by atoms with E-state index in [2.05, 4.69) is 35.9 Å². The molecule has 1 amide bonds. The molecule has 0 spiro atoms. The summed E-state index contributed by atoms with van der Waals surface area (Å²) in [7, 11) is 0. The molecule has 0 radical (unpaired) electrons. The fourth-order valence-corrected chi connectivity index (χ4v) is 4.25. The maximum atomic E-state index is 13.3. The molecular formula is C17H26F2N4OS. The molecule has 2 saturated heterocycles. The van der Waals surface area contributed by atoms with E-state index >= 15 is 0 Å². The molecule has 0 saturated carbocycles. The summed E-state index contributed by atoms with van der Waals surface area (Å²) < 4.78 is 26.6. The van der Waals surface area contributed by atoms with Gasteiger partial charge >= 0.3 is 0 Å². The maximum absolute atomic E-state index is 13.3. The van der Waals surface area contributed by atoms with Crippen molar-refractivity contribution in [2.45, 2.75) is 57.8 Å². The van der Waals surface area contributed by atoms with E-state index in [1.165, 1.54) is 0 Å².